The molecule has 0 amide bonds. The number of hydrogen-bond acceptors (Lipinski definition) is 3. The van der Waals surface area contributed by atoms with Gasteiger partial charge in [0.05, 0.1) is 12.9 Å². The number of sulfonamides is 1. The summed E-state index contributed by atoms with van der Waals surface area (Å²) < 4.78 is 32.1. The monoisotopic (exact) mass is 339 g/mol. The molecule has 0 aliphatic carbocycles. The summed E-state index contributed by atoms with van der Waals surface area (Å²) in [6, 6.07) is 12.5. The first-order valence-electron chi connectivity index (χ1n) is 6.75. The van der Waals surface area contributed by atoms with Gasteiger partial charge in [-0.3, -0.25) is 0 Å². The highest BCUT2D eigenvalue weighted by Gasteiger charge is 2.13. The SMILES string of the molecule is COc1ccc(Cl)cc1CNS(=O)(=O)Cc1ccc(C)cc1. The molecule has 0 fully saturated rings. The van der Waals surface area contributed by atoms with E-state index in [1.165, 1.54) is 7.11 Å². The Labute approximate surface area is 136 Å². The van der Waals surface area contributed by atoms with Gasteiger partial charge < -0.3 is 4.74 Å². The third kappa shape index (κ3) is 4.73. The predicted octanol–water partition coefficient (Wildman–Crippen LogP) is 3.28. The van der Waals surface area contributed by atoms with Crippen molar-refractivity contribution < 1.29 is 13.2 Å². The summed E-state index contributed by atoms with van der Waals surface area (Å²) in [6.07, 6.45) is 0. The fraction of sp³-hybridized carbons (Fsp3) is 0.250. The van der Waals surface area contributed by atoms with Crippen LogP contribution in [-0.2, 0) is 22.3 Å². The van der Waals surface area contributed by atoms with Crippen LogP contribution in [0.2, 0.25) is 5.02 Å². The largest absolute Gasteiger partial charge is 0.496 e. The molecule has 0 saturated carbocycles. The standard InChI is InChI=1S/C16H18ClNO3S/c1-12-3-5-13(6-4-12)11-22(19,20)18-10-14-9-15(17)7-8-16(14)21-2/h3-9,18H,10-11H2,1-2H3. The quantitative estimate of drug-likeness (QED) is 0.878. The molecule has 4 nitrogen and oxygen atoms in total. The van der Waals surface area contributed by atoms with Crippen LogP contribution in [0.3, 0.4) is 0 Å². The Bertz CT molecular complexity index is 742. The summed E-state index contributed by atoms with van der Waals surface area (Å²) in [7, 11) is -1.90. The maximum absolute atomic E-state index is 12.2. The molecule has 2 aromatic carbocycles. The number of rotatable bonds is 6. The molecule has 118 valence electrons. The second-order valence-electron chi connectivity index (χ2n) is 5.02. The van der Waals surface area contributed by atoms with Crippen molar-refractivity contribution in [1.29, 1.82) is 0 Å². The van der Waals surface area contributed by atoms with Crippen molar-refractivity contribution in [3.8, 4) is 5.75 Å². The average Bonchev–Trinajstić information content (AvgIpc) is 2.48. The average molecular weight is 340 g/mol. The fourth-order valence-electron chi connectivity index (χ4n) is 2.03. The van der Waals surface area contributed by atoms with Crippen LogP contribution < -0.4 is 9.46 Å². The van der Waals surface area contributed by atoms with Crippen LogP contribution in [-0.4, -0.2) is 15.5 Å². The van der Waals surface area contributed by atoms with Gasteiger partial charge in [-0.2, -0.15) is 0 Å². The summed E-state index contributed by atoms with van der Waals surface area (Å²) in [5, 5.41) is 0.536. The summed E-state index contributed by atoms with van der Waals surface area (Å²) >= 11 is 5.94. The molecule has 0 saturated heterocycles. The predicted molar refractivity (Wildman–Crippen MR) is 88.6 cm³/mol. The molecule has 0 aliphatic heterocycles. The number of benzene rings is 2. The van der Waals surface area contributed by atoms with E-state index in [1.54, 1.807) is 18.2 Å². The van der Waals surface area contributed by atoms with E-state index in [4.69, 9.17) is 16.3 Å². The van der Waals surface area contributed by atoms with E-state index in [1.807, 2.05) is 31.2 Å². The maximum Gasteiger partial charge on any atom is 0.216 e. The van der Waals surface area contributed by atoms with Gasteiger partial charge in [-0.1, -0.05) is 41.4 Å². The minimum absolute atomic E-state index is 0.0594. The Morgan fingerprint density at radius 3 is 2.45 bits per heavy atom. The molecule has 0 radical (unpaired) electrons. The van der Waals surface area contributed by atoms with Crippen molar-refractivity contribution in [3.63, 3.8) is 0 Å². The number of methoxy groups -OCH3 is 1. The Kier molecular flexibility index (Phi) is 5.45. The lowest BCUT2D eigenvalue weighted by Gasteiger charge is -2.11. The fourth-order valence-corrected chi connectivity index (χ4v) is 3.33. The molecule has 0 unspecified atom stereocenters. The van der Waals surface area contributed by atoms with E-state index in [2.05, 4.69) is 4.72 Å². The van der Waals surface area contributed by atoms with Crippen LogP contribution in [0, 0.1) is 6.92 Å². The molecule has 2 aromatic rings. The lowest BCUT2D eigenvalue weighted by molar-refractivity contribution is 0.409. The van der Waals surface area contributed by atoms with Gasteiger partial charge in [0.25, 0.3) is 0 Å². The Hall–Kier alpha value is -1.56. The molecule has 0 spiro atoms. The second kappa shape index (κ2) is 7.13. The minimum Gasteiger partial charge on any atom is -0.496 e. The summed E-state index contributed by atoms with van der Waals surface area (Å²) in [5.41, 5.74) is 2.54. The molecule has 0 heterocycles. The van der Waals surface area contributed by atoms with Crippen LogP contribution in [0.1, 0.15) is 16.7 Å². The summed E-state index contributed by atoms with van der Waals surface area (Å²) in [6.45, 7) is 2.10. The number of hydrogen-bond donors (Lipinski definition) is 1. The van der Waals surface area contributed by atoms with Gasteiger partial charge in [-0.05, 0) is 30.7 Å². The Morgan fingerprint density at radius 1 is 1.14 bits per heavy atom. The molecule has 0 atom stereocenters. The number of nitrogens with one attached hydrogen (secondary N) is 1. The first-order chi connectivity index (χ1) is 10.4. The second-order valence-corrected chi connectivity index (χ2v) is 7.27. The van der Waals surface area contributed by atoms with E-state index < -0.39 is 10.0 Å². The van der Waals surface area contributed by atoms with E-state index in [0.717, 1.165) is 11.1 Å². The zero-order valence-corrected chi connectivity index (χ0v) is 14.0. The van der Waals surface area contributed by atoms with Crippen molar-refractivity contribution >= 4 is 21.6 Å². The minimum atomic E-state index is -3.43. The molecule has 6 heteroatoms. The highest BCUT2D eigenvalue weighted by molar-refractivity contribution is 7.88. The number of ether oxygens (including phenoxy) is 1. The van der Waals surface area contributed by atoms with E-state index in [0.29, 0.717) is 16.3 Å². The molecular weight excluding hydrogens is 322 g/mol. The highest BCUT2D eigenvalue weighted by atomic mass is 35.5. The molecule has 0 bridgehead atoms. The first-order valence-corrected chi connectivity index (χ1v) is 8.78. The van der Waals surface area contributed by atoms with E-state index in [9.17, 15) is 8.42 Å². The molecule has 0 aromatic heterocycles. The zero-order valence-electron chi connectivity index (χ0n) is 12.5. The smallest absolute Gasteiger partial charge is 0.216 e. The van der Waals surface area contributed by atoms with Crippen LogP contribution in [0.5, 0.6) is 5.75 Å². The third-order valence-corrected chi connectivity index (χ3v) is 4.73. The van der Waals surface area contributed by atoms with Gasteiger partial charge in [0.2, 0.25) is 10.0 Å². The van der Waals surface area contributed by atoms with E-state index >= 15 is 0 Å². The molecule has 0 aliphatic rings. The lowest BCUT2D eigenvalue weighted by Crippen LogP contribution is -2.25. The van der Waals surface area contributed by atoms with Crippen molar-refractivity contribution in [2.75, 3.05) is 7.11 Å². The maximum atomic E-state index is 12.2. The molecular formula is C16H18ClNO3S. The van der Waals surface area contributed by atoms with Gasteiger partial charge in [0.15, 0.2) is 0 Å². The summed E-state index contributed by atoms with van der Waals surface area (Å²) in [4.78, 5) is 0. The van der Waals surface area contributed by atoms with Crippen molar-refractivity contribution in [2.24, 2.45) is 0 Å². The van der Waals surface area contributed by atoms with Gasteiger partial charge in [0, 0.05) is 17.1 Å². The third-order valence-electron chi connectivity index (χ3n) is 3.20. The topological polar surface area (TPSA) is 55.4 Å². The Morgan fingerprint density at radius 2 is 1.82 bits per heavy atom. The first kappa shape index (κ1) is 16.8. The molecule has 2 rings (SSSR count). The molecule has 22 heavy (non-hydrogen) atoms. The zero-order chi connectivity index (χ0) is 16.2. The van der Waals surface area contributed by atoms with Crippen molar-refractivity contribution in [1.82, 2.24) is 4.72 Å². The highest BCUT2D eigenvalue weighted by Crippen LogP contribution is 2.22. The number of aryl methyl sites for hydroxylation is 1. The van der Waals surface area contributed by atoms with Crippen molar-refractivity contribution in [2.45, 2.75) is 19.2 Å². The van der Waals surface area contributed by atoms with Gasteiger partial charge in [-0.15, -0.1) is 0 Å². The molecule has 1 N–H and O–H groups in total. The van der Waals surface area contributed by atoms with Crippen LogP contribution in [0.15, 0.2) is 42.5 Å². The van der Waals surface area contributed by atoms with Gasteiger partial charge in [-0.25, -0.2) is 13.1 Å². The lowest BCUT2D eigenvalue weighted by atomic mass is 10.2. The Balaban J connectivity index is 2.06. The summed E-state index contributed by atoms with van der Waals surface area (Å²) in [5.74, 6) is 0.540. The number of halogens is 1. The normalized spacial score (nSPS) is 11.4. The van der Waals surface area contributed by atoms with Gasteiger partial charge in [0.1, 0.15) is 5.75 Å². The van der Waals surface area contributed by atoms with Crippen LogP contribution in [0.4, 0.5) is 0 Å². The van der Waals surface area contributed by atoms with Crippen molar-refractivity contribution in [3.05, 3.63) is 64.2 Å². The van der Waals surface area contributed by atoms with Crippen LogP contribution >= 0.6 is 11.6 Å². The van der Waals surface area contributed by atoms with Crippen LogP contribution in [0.25, 0.3) is 0 Å². The van der Waals surface area contributed by atoms with Gasteiger partial charge >= 0.3 is 0 Å². The van der Waals surface area contributed by atoms with E-state index in [-0.39, 0.29) is 12.3 Å².